The smallest absolute Gasteiger partial charge is 0.358 e. The number of piperazine rings is 1. The summed E-state index contributed by atoms with van der Waals surface area (Å²) in [6.07, 6.45) is -4.37. The van der Waals surface area contributed by atoms with Crippen LogP contribution >= 0.6 is 27.3 Å². The van der Waals surface area contributed by atoms with Crippen LogP contribution in [0.25, 0.3) is 0 Å². The number of aromatic nitrogens is 1. The summed E-state index contributed by atoms with van der Waals surface area (Å²) in [6, 6.07) is 0.270. The van der Waals surface area contributed by atoms with E-state index in [-0.39, 0.29) is 10.6 Å². The molecule has 0 aliphatic carbocycles. The molecule has 1 atom stereocenters. The fraction of sp³-hybridized carbons (Fsp3) is 0.667. The molecule has 0 spiro atoms. The third-order valence-corrected chi connectivity index (χ3v) is 4.44. The molecule has 0 unspecified atom stereocenters. The van der Waals surface area contributed by atoms with Crippen LogP contribution in [0.15, 0.2) is 4.60 Å². The molecule has 0 saturated carbocycles. The van der Waals surface area contributed by atoms with E-state index in [2.05, 4.69) is 26.2 Å². The van der Waals surface area contributed by atoms with Crippen LogP contribution in [0.1, 0.15) is 11.9 Å². The van der Waals surface area contributed by atoms with Crippen LogP contribution in [0.2, 0.25) is 0 Å². The largest absolute Gasteiger partial charge is 0.443 e. The third-order valence-electron chi connectivity index (χ3n) is 2.47. The first kappa shape index (κ1) is 13.1. The molecule has 8 heteroatoms. The number of nitrogens with zero attached hydrogens (tertiary/aromatic N) is 2. The minimum absolute atomic E-state index is 0.270. The lowest BCUT2D eigenvalue weighted by Gasteiger charge is -2.32. The number of alkyl halides is 3. The lowest BCUT2D eigenvalue weighted by atomic mass is 10.2. The van der Waals surface area contributed by atoms with Crippen LogP contribution in [-0.2, 0) is 6.18 Å². The summed E-state index contributed by atoms with van der Waals surface area (Å²) in [5, 5.41) is 3.00. The van der Waals surface area contributed by atoms with E-state index in [0.29, 0.717) is 29.4 Å². The van der Waals surface area contributed by atoms with Crippen molar-refractivity contribution in [3.8, 4) is 0 Å². The number of anilines is 1. The second-order valence-corrected chi connectivity index (χ2v) is 5.64. The highest BCUT2D eigenvalue weighted by molar-refractivity contribution is 9.10. The monoisotopic (exact) mass is 329 g/mol. The normalized spacial score (nSPS) is 21.9. The summed E-state index contributed by atoms with van der Waals surface area (Å²) in [6.45, 7) is 4.17. The topological polar surface area (TPSA) is 28.2 Å². The molecule has 0 bridgehead atoms. The Bertz CT molecular complexity index is 407. The molecule has 1 fully saturated rings. The Morgan fingerprint density at radius 3 is 2.76 bits per heavy atom. The zero-order chi connectivity index (χ0) is 12.6. The highest BCUT2D eigenvalue weighted by Gasteiger charge is 2.36. The van der Waals surface area contributed by atoms with E-state index in [9.17, 15) is 13.2 Å². The zero-order valence-corrected chi connectivity index (χ0v) is 11.4. The van der Waals surface area contributed by atoms with Gasteiger partial charge in [-0.2, -0.15) is 13.2 Å². The summed E-state index contributed by atoms with van der Waals surface area (Å²) in [7, 11) is 0. The number of hydrogen-bond donors (Lipinski definition) is 1. The molecule has 0 amide bonds. The summed E-state index contributed by atoms with van der Waals surface area (Å²) in [4.78, 5) is 5.46. The molecular formula is C9H11BrF3N3S. The van der Waals surface area contributed by atoms with Crippen LogP contribution in [0.4, 0.5) is 18.2 Å². The Morgan fingerprint density at radius 1 is 1.53 bits per heavy atom. The fourth-order valence-corrected chi connectivity index (χ4v) is 3.38. The summed E-state index contributed by atoms with van der Waals surface area (Å²) < 4.78 is 37.8. The van der Waals surface area contributed by atoms with E-state index < -0.39 is 11.2 Å². The molecule has 2 rings (SSSR count). The van der Waals surface area contributed by atoms with E-state index in [4.69, 9.17) is 0 Å². The molecule has 1 aliphatic heterocycles. The van der Waals surface area contributed by atoms with Crippen molar-refractivity contribution in [2.24, 2.45) is 0 Å². The average Bonchev–Trinajstić information content (AvgIpc) is 2.60. The van der Waals surface area contributed by atoms with Crippen LogP contribution in [0, 0.1) is 0 Å². The van der Waals surface area contributed by atoms with Gasteiger partial charge in [-0.15, -0.1) is 0 Å². The standard InChI is InChI=1S/C9H11BrF3N3S/c1-5-4-16(3-2-14-5)7-6(10)15-8(17-7)9(11,12)13/h5,14H,2-4H2,1H3/t5-/m1/s1. The number of rotatable bonds is 1. The van der Waals surface area contributed by atoms with E-state index in [1.165, 1.54) is 0 Å². The number of hydrogen-bond acceptors (Lipinski definition) is 4. The van der Waals surface area contributed by atoms with Gasteiger partial charge in [-0.1, -0.05) is 11.3 Å². The Hall–Kier alpha value is -0.340. The molecule has 1 aromatic heterocycles. The number of thiazole rings is 1. The van der Waals surface area contributed by atoms with Gasteiger partial charge in [0.05, 0.1) is 0 Å². The SMILES string of the molecule is C[C@@H]1CN(c2sc(C(F)(F)F)nc2Br)CCN1. The van der Waals surface area contributed by atoms with Gasteiger partial charge in [0.2, 0.25) is 5.01 Å². The van der Waals surface area contributed by atoms with Crippen molar-refractivity contribution in [2.45, 2.75) is 19.1 Å². The van der Waals surface area contributed by atoms with Crippen LogP contribution in [0.5, 0.6) is 0 Å². The molecule has 3 nitrogen and oxygen atoms in total. The van der Waals surface area contributed by atoms with E-state index >= 15 is 0 Å². The van der Waals surface area contributed by atoms with Crippen molar-refractivity contribution < 1.29 is 13.2 Å². The molecule has 1 aromatic rings. The maximum absolute atomic E-state index is 12.5. The summed E-state index contributed by atoms with van der Waals surface area (Å²) in [5.74, 6) is 0. The van der Waals surface area contributed by atoms with Gasteiger partial charge in [0.25, 0.3) is 0 Å². The van der Waals surface area contributed by atoms with Crippen LogP contribution in [0.3, 0.4) is 0 Å². The highest BCUT2D eigenvalue weighted by Crippen LogP contribution is 2.40. The van der Waals surface area contributed by atoms with Gasteiger partial charge in [-0.25, -0.2) is 4.98 Å². The Labute approximate surface area is 109 Å². The maximum Gasteiger partial charge on any atom is 0.443 e. The quantitative estimate of drug-likeness (QED) is 0.858. The van der Waals surface area contributed by atoms with E-state index in [0.717, 1.165) is 6.54 Å². The predicted molar refractivity (Wildman–Crippen MR) is 64.5 cm³/mol. The van der Waals surface area contributed by atoms with E-state index in [1.807, 2.05) is 11.8 Å². The molecular weight excluding hydrogens is 319 g/mol. The zero-order valence-electron chi connectivity index (χ0n) is 9.01. The fourth-order valence-electron chi connectivity index (χ4n) is 1.73. The van der Waals surface area contributed by atoms with Crippen molar-refractivity contribution in [2.75, 3.05) is 24.5 Å². The summed E-state index contributed by atoms with van der Waals surface area (Å²) in [5.41, 5.74) is 0. The van der Waals surface area contributed by atoms with Gasteiger partial charge in [-0.3, -0.25) is 0 Å². The van der Waals surface area contributed by atoms with Crippen molar-refractivity contribution in [3.05, 3.63) is 9.61 Å². The lowest BCUT2D eigenvalue weighted by Crippen LogP contribution is -2.49. The van der Waals surface area contributed by atoms with Crippen molar-refractivity contribution in [3.63, 3.8) is 0 Å². The first-order chi connectivity index (χ1) is 7.88. The molecule has 17 heavy (non-hydrogen) atoms. The molecule has 2 heterocycles. The highest BCUT2D eigenvalue weighted by atomic mass is 79.9. The van der Waals surface area contributed by atoms with Crippen molar-refractivity contribution in [1.82, 2.24) is 10.3 Å². The summed E-state index contributed by atoms with van der Waals surface area (Å²) >= 11 is 3.79. The lowest BCUT2D eigenvalue weighted by molar-refractivity contribution is -0.137. The second-order valence-electron chi connectivity index (χ2n) is 3.91. The maximum atomic E-state index is 12.5. The van der Waals surface area contributed by atoms with Gasteiger partial charge in [0, 0.05) is 25.7 Å². The number of nitrogens with one attached hydrogen (secondary N) is 1. The van der Waals surface area contributed by atoms with Crippen LogP contribution < -0.4 is 10.2 Å². The van der Waals surface area contributed by atoms with Crippen molar-refractivity contribution in [1.29, 1.82) is 0 Å². The molecule has 0 radical (unpaired) electrons. The minimum Gasteiger partial charge on any atom is -0.358 e. The van der Waals surface area contributed by atoms with Gasteiger partial charge in [0.15, 0.2) is 0 Å². The third kappa shape index (κ3) is 2.92. The Kier molecular flexibility index (Phi) is 3.65. The Balaban J connectivity index is 2.23. The predicted octanol–water partition coefficient (Wildman–Crippen LogP) is 2.72. The molecule has 1 N–H and O–H groups in total. The molecule has 1 saturated heterocycles. The molecule has 96 valence electrons. The van der Waals surface area contributed by atoms with E-state index in [1.54, 1.807) is 0 Å². The average molecular weight is 330 g/mol. The Morgan fingerprint density at radius 2 is 2.24 bits per heavy atom. The number of halogens is 4. The first-order valence-electron chi connectivity index (χ1n) is 5.10. The van der Waals surface area contributed by atoms with Crippen LogP contribution in [-0.4, -0.2) is 30.7 Å². The first-order valence-corrected chi connectivity index (χ1v) is 6.70. The van der Waals surface area contributed by atoms with Crippen molar-refractivity contribution >= 4 is 32.3 Å². The van der Waals surface area contributed by atoms with Gasteiger partial charge < -0.3 is 10.2 Å². The van der Waals surface area contributed by atoms with Gasteiger partial charge in [-0.05, 0) is 22.9 Å². The molecule has 0 aromatic carbocycles. The molecule has 1 aliphatic rings. The minimum atomic E-state index is -4.37. The second kappa shape index (κ2) is 4.74. The van der Waals surface area contributed by atoms with Gasteiger partial charge >= 0.3 is 6.18 Å². The van der Waals surface area contributed by atoms with Gasteiger partial charge in [0.1, 0.15) is 9.60 Å².